The van der Waals surface area contributed by atoms with Crippen molar-refractivity contribution in [2.24, 2.45) is 0 Å². The molecule has 0 aromatic heterocycles. The Kier molecular flexibility index (Phi) is 10.3. The van der Waals surface area contributed by atoms with Gasteiger partial charge < -0.3 is 35.2 Å². The summed E-state index contributed by atoms with van der Waals surface area (Å²) in [7, 11) is 7.83. The Bertz CT molecular complexity index is 1750. The standard InChI is InChI=1S/C36H44N6O6S/c1-36(2,3)48-34(45)37-21-31(43)41-16-8-9-28(41)33(44)38-24-12-10-22(11-13-24)17-23-18-26(40(6)7)20-30-32(23)42(35(46)47)27-15-14-25(39(4)5)19-29(27)49-30/h10-15,18-20,28H,8-9,16-17,21H2,1-7H3,(H,37,45)(H,38,44)(H,46,47)/t28-/m0/s1. The molecule has 3 aromatic carbocycles. The molecule has 260 valence electrons. The number of nitrogens with zero attached hydrogens (tertiary/aromatic N) is 4. The zero-order chi connectivity index (χ0) is 35.6. The minimum atomic E-state index is -1.06. The molecule has 4 amide bonds. The highest BCUT2D eigenvalue weighted by molar-refractivity contribution is 7.99. The van der Waals surface area contributed by atoms with Crippen molar-refractivity contribution in [3.05, 3.63) is 65.7 Å². The fourth-order valence-electron chi connectivity index (χ4n) is 5.91. The van der Waals surface area contributed by atoms with Crippen molar-refractivity contribution in [1.82, 2.24) is 10.2 Å². The first-order valence-corrected chi connectivity index (χ1v) is 17.0. The average Bonchev–Trinajstić information content (AvgIpc) is 3.52. The number of hydrogen-bond donors (Lipinski definition) is 3. The number of ether oxygens (including phenoxy) is 1. The normalized spacial score (nSPS) is 15.2. The van der Waals surface area contributed by atoms with Gasteiger partial charge in [-0.1, -0.05) is 23.9 Å². The first-order chi connectivity index (χ1) is 23.1. The third kappa shape index (κ3) is 8.22. The van der Waals surface area contributed by atoms with E-state index >= 15 is 0 Å². The van der Waals surface area contributed by atoms with Crippen molar-refractivity contribution in [1.29, 1.82) is 0 Å². The third-order valence-electron chi connectivity index (χ3n) is 8.27. The van der Waals surface area contributed by atoms with E-state index in [0.29, 0.717) is 42.9 Å². The van der Waals surface area contributed by atoms with Gasteiger partial charge in [-0.2, -0.15) is 0 Å². The lowest BCUT2D eigenvalue weighted by atomic mass is 10.0. The number of benzene rings is 3. The van der Waals surface area contributed by atoms with Crippen molar-refractivity contribution >= 4 is 64.2 Å². The molecule has 2 aliphatic heterocycles. The van der Waals surface area contributed by atoms with Crippen molar-refractivity contribution < 1.29 is 29.0 Å². The molecule has 49 heavy (non-hydrogen) atoms. The van der Waals surface area contributed by atoms with Gasteiger partial charge >= 0.3 is 12.2 Å². The number of rotatable bonds is 8. The zero-order valence-electron chi connectivity index (χ0n) is 29.0. The highest BCUT2D eigenvalue weighted by Gasteiger charge is 2.35. The van der Waals surface area contributed by atoms with Crippen LogP contribution in [-0.2, 0) is 20.7 Å². The fraction of sp³-hybridized carbons (Fsp3) is 0.389. The monoisotopic (exact) mass is 688 g/mol. The molecule has 2 aliphatic rings. The number of alkyl carbamates (subject to hydrolysis) is 1. The molecule has 0 spiro atoms. The van der Waals surface area contributed by atoms with Gasteiger partial charge in [-0.15, -0.1) is 0 Å². The zero-order valence-corrected chi connectivity index (χ0v) is 29.8. The van der Waals surface area contributed by atoms with E-state index in [4.69, 9.17) is 4.74 Å². The van der Waals surface area contributed by atoms with E-state index in [1.54, 1.807) is 32.5 Å². The van der Waals surface area contributed by atoms with Gasteiger partial charge in [0.05, 0.1) is 11.4 Å². The first kappa shape index (κ1) is 35.4. The van der Waals surface area contributed by atoms with Crippen LogP contribution in [0.4, 0.5) is 38.0 Å². The second-order valence-corrected chi connectivity index (χ2v) is 14.7. The van der Waals surface area contributed by atoms with Crippen LogP contribution in [0.25, 0.3) is 0 Å². The second-order valence-electron chi connectivity index (χ2n) is 13.6. The number of hydrogen-bond acceptors (Lipinski definition) is 8. The molecule has 1 atom stereocenters. The van der Waals surface area contributed by atoms with Gasteiger partial charge in [0, 0.05) is 61.6 Å². The summed E-state index contributed by atoms with van der Waals surface area (Å²) in [6.07, 6.45) is -0.0836. The number of anilines is 5. The van der Waals surface area contributed by atoms with Crippen molar-refractivity contribution in [2.75, 3.05) is 61.3 Å². The number of carboxylic acid groups (broad SMARTS) is 1. The molecule has 1 saturated heterocycles. The highest BCUT2D eigenvalue weighted by atomic mass is 32.2. The Hall–Kier alpha value is -4.91. The third-order valence-corrected chi connectivity index (χ3v) is 9.34. The smallest absolute Gasteiger partial charge is 0.416 e. The number of carbonyl (C=O) groups is 4. The lowest BCUT2D eigenvalue weighted by Gasteiger charge is -2.33. The summed E-state index contributed by atoms with van der Waals surface area (Å²) >= 11 is 1.56. The summed E-state index contributed by atoms with van der Waals surface area (Å²) in [6.45, 7) is 5.39. The lowest BCUT2D eigenvalue weighted by Crippen LogP contribution is -2.47. The largest absolute Gasteiger partial charge is 0.464 e. The van der Waals surface area contributed by atoms with E-state index in [1.165, 1.54) is 9.80 Å². The van der Waals surface area contributed by atoms with E-state index in [-0.39, 0.29) is 18.4 Å². The maximum Gasteiger partial charge on any atom is 0.416 e. The van der Waals surface area contributed by atoms with Crippen LogP contribution in [0.2, 0.25) is 0 Å². The summed E-state index contributed by atoms with van der Waals surface area (Å²) in [4.78, 5) is 59.5. The van der Waals surface area contributed by atoms with Gasteiger partial charge in [0.2, 0.25) is 11.8 Å². The molecule has 1 fully saturated rings. The molecule has 12 nitrogen and oxygen atoms in total. The maximum atomic E-state index is 13.3. The van der Waals surface area contributed by atoms with Crippen LogP contribution < -0.4 is 25.3 Å². The Morgan fingerprint density at radius 3 is 2.24 bits per heavy atom. The van der Waals surface area contributed by atoms with Crippen molar-refractivity contribution in [3.8, 4) is 0 Å². The number of likely N-dealkylation sites (tertiary alicyclic amines) is 1. The van der Waals surface area contributed by atoms with Crippen molar-refractivity contribution in [2.45, 2.75) is 61.5 Å². The van der Waals surface area contributed by atoms with E-state index < -0.39 is 23.8 Å². The predicted molar refractivity (Wildman–Crippen MR) is 193 cm³/mol. The van der Waals surface area contributed by atoms with Crippen LogP contribution in [0.5, 0.6) is 0 Å². The number of amides is 4. The summed E-state index contributed by atoms with van der Waals surface area (Å²) in [5, 5.41) is 15.8. The number of fused-ring (bicyclic) bond motifs is 2. The SMILES string of the molecule is CN(C)c1ccc2c(c1)Sc1cc(N(C)C)cc(Cc3ccc(NC(=O)[C@@H]4CCCN4C(=O)CNC(=O)OC(C)(C)C)cc3)c1N2C(=O)O. The highest BCUT2D eigenvalue weighted by Crippen LogP contribution is 2.52. The van der Waals surface area contributed by atoms with Gasteiger partial charge in [0.15, 0.2) is 0 Å². The van der Waals surface area contributed by atoms with Gasteiger partial charge in [-0.25, -0.2) is 14.5 Å². The molecule has 0 saturated carbocycles. The van der Waals surface area contributed by atoms with Gasteiger partial charge in [0.1, 0.15) is 18.2 Å². The predicted octanol–water partition coefficient (Wildman–Crippen LogP) is 6.14. The topological polar surface area (TPSA) is 135 Å². The molecule has 0 aliphatic carbocycles. The van der Waals surface area contributed by atoms with E-state index in [0.717, 1.165) is 32.3 Å². The Labute approximate surface area is 291 Å². The van der Waals surface area contributed by atoms with Gasteiger partial charge in [0.25, 0.3) is 0 Å². The fourth-order valence-corrected chi connectivity index (χ4v) is 7.09. The molecule has 0 unspecified atom stereocenters. The summed E-state index contributed by atoms with van der Waals surface area (Å²) in [5.41, 5.74) is 4.89. The molecule has 0 radical (unpaired) electrons. The van der Waals surface area contributed by atoms with E-state index in [9.17, 15) is 24.3 Å². The van der Waals surface area contributed by atoms with Crippen LogP contribution in [0.3, 0.4) is 0 Å². The van der Waals surface area contributed by atoms with E-state index in [1.807, 2.05) is 92.6 Å². The molecule has 13 heteroatoms. The number of carbonyl (C=O) groups excluding carboxylic acids is 3. The van der Waals surface area contributed by atoms with Crippen LogP contribution in [0.15, 0.2) is 64.4 Å². The van der Waals surface area contributed by atoms with E-state index in [2.05, 4.69) is 10.6 Å². The Morgan fingerprint density at radius 2 is 1.61 bits per heavy atom. The maximum absolute atomic E-state index is 13.3. The van der Waals surface area contributed by atoms with Crippen LogP contribution in [-0.4, -0.2) is 86.9 Å². The summed E-state index contributed by atoms with van der Waals surface area (Å²) in [6, 6.07) is 16.6. The minimum Gasteiger partial charge on any atom is -0.464 e. The molecule has 0 bridgehead atoms. The quantitative estimate of drug-likeness (QED) is 0.255. The van der Waals surface area contributed by atoms with Crippen LogP contribution in [0.1, 0.15) is 44.7 Å². The number of nitrogens with one attached hydrogen (secondary N) is 2. The van der Waals surface area contributed by atoms with Crippen LogP contribution >= 0.6 is 11.8 Å². The molecule has 3 aromatic rings. The van der Waals surface area contributed by atoms with Gasteiger partial charge in [-0.05, 0) is 93.6 Å². The molecule has 2 heterocycles. The molecule has 3 N–H and O–H groups in total. The van der Waals surface area contributed by atoms with Gasteiger partial charge in [-0.3, -0.25) is 9.59 Å². The minimum absolute atomic E-state index is 0.257. The summed E-state index contributed by atoms with van der Waals surface area (Å²) < 4.78 is 5.20. The Balaban J connectivity index is 1.31. The molecular formula is C36H44N6O6S. The van der Waals surface area contributed by atoms with Crippen LogP contribution in [0, 0.1) is 0 Å². The summed E-state index contributed by atoms with van der Waals surface area (Å²) in [5.74, 6) is -0.648. The molecular weight excluding hydrogens is 644 g/mol. The Morgan fingerprint density at radius 1 is 0.939 bits per heavy atom. The second kappa shape index (κ2) is 14.3. The molecule has 5 rings (SSSR count). The lowest BCUT2D eigenvalue weighted by molar-refractivity contribution is -0.135. The average molecular weight is 689 g/mol. The first-order valence-electron chi connectivity index (χ1n) is 16.1. The van der Waals surface area contributed by atoms with Crippen molar-refractivity contribution in [3.63, 3.8) is 0 Å².